The molecular weight excluding hydrogens is 334 g/mol. The number of nitrogens with zero attached hydrogens (tertiary/aromatic N) is 2. The van der Waals surface area contributed by atoms with Crippen molar-refractivity contribution in [1.29, 1.82) is 0 Å². The quantitative estimate of drug-likeness (QED) is 0.645. The summed E-state index contributed by atoms with van der Waals surface area (Å²) in [6.45, 7) is 10.6. The topological polar surface area (TPSA) is 54.5 Å². The van der Waals surface area contributed by atoms with E-state index < -0.39 is 0 Å². The van der Waals surface area contributed by atoms with Crippen molar-refractivity contribution in [3.05, 3.63) is 16.1 Å². The average molecular weight is 368 g/mol. The van der Waals surface area contributed by atoms with E-state index in [9.17, 15) is 4.79 Å². The maximum atomic E-state index is 12.3. The van der Waals surface area contributed by atoms with Gasteiger partial charge < -0.3 is 10.1 Å². The van der Waals surface area contributed by atoms with Crippen molar-refractivity contribution in [3.63, 3.8) is 0 Å². The van der Waals surface area contributed by atoms with Gasteiger partial charge in [-0.3, -0.25) is 9.69 Å². The van der Waals surface area contributed by atoms with Gasteiger partial charge in [0.05, 0.1) is 16.8 Å². The Morgan fingerprint density at radius 3 is 2.88 bits per heavy atom. The van der Waals surface area contributed by atoms with Crippen molar-refractivity contribution in [2.24, 2.45) is 5.92 Å². The number of carbonyl (C=O) groups is 1. The lowest BCUT2D eigenvalue weighted by Crippen LogP contribution is -2.40. The Hall–Kier alpha value is -0.980. The second-order valence-electron chi connectivity index (χ2n) is 7.10. The minimum absolute atomic E-state index is 0.161. The van der Waals surface area contributed by atoms with Crippen molar-refractivity contribution in [2.45, 2.75) is 65.5 Å². The maximum absolute atomic E-state index is 12.3. The van der Waals surface area contributed by atoms with Gasteiger partial charge in [0.2, 0.25) is 5.91 Å². The number of carbonyl (C=O) groups excluding carboxylic acids is 1. The maximum Gasteiger partial charge on any atom is 0.223 e. The van der Waals surface area contributed by atoms with Crippen LogP contribution in [0.2, 0.25) is 0 Å². The highest BCUT2D eigenvalue weighted by atomic mass is 32.1. The third kappa shape index (κ3) is 7.42. The number of piperidine rings is 1. The summed E-state index contributed by atoms with van der Waals surface area (Å²) < 4.78 is 5.49. The summed E-state index contributed by atoms with van der Waals surface area (Å²) in [6.07, 6.45) is 5.26. The number of likely N-dealkylation sites (tertiary alicyclic amines) is 1. The molecule has 1 aromatic heterocycles. The fraction of sp³-hybridized carbons (Fsp3) is 0.789. The molecule has 1 amide bonds. The summed E-state index contributed by atoms with van der Waals surface area (Å²) in [6, 6.07) is 0. The zero-order valence-corrected chi connectivity index (χ0v) is 16.7. The van der Waals surface area contributed by atoms with Gasteiger partial charge in [0.25, 0.3) is 0 Å². The van der Waals surface area contributed by atoms with Crippen LogP contribution in [0, 0.1) is 5.92 Å². The van der Waals surface area contributed by atoms with Gasteiger partial charge in [0, 0.05) is 31.0 Å². The summed E-state index contributed by atoms with van der Waals surface area (Å²) in [5, 5.41) is 6.49. The van der Waals surface area contributed by atoms with Crippen LogP contribution in [0.4, 0.5) is 0 Å². The predicted molar refractivity (Wildman–Crippen MR) is 103 cm³/mol. The molecule has 142 valence electrons. The van der Waals surface area contributed by atoms with E-state index in [0.717, 1.165) is 51.7 Å². The second-order valence-corrected chi connectivity index (χ2v) is 8.04. The van der Waals surface area contributed by atoms with Crippen LogP contribution in [0.3, 0.4) is 0 Å². The van der Waals surface area contributed by atoms with Crippen molar-refractivity contribution in [1.82, 2.24) is 15.2 Å². The Morgan fingerprint density at radius 2 is 2.20 bits per heavy atom. The van der Waals surface area contributed by atoms with Gasteiger partial charge in [-0.05, 0) is 59.0 Å². The third-order valence-electron chi connectivity index (χ3n) is 4.48. The minimum atomic E-state index is 0.161. The number of amides is 1. The first-order chi connectivity index (χ1) is 12.1. The van der Waals surface area contributed by atoms with Crippen molar-refractivity contribution in [2.75, 3.05) is 26.2 Å². The number of hydrogen-bond donors (Lipinski definition) is 1. The number of rotatable bonds is 10. The highest BCUT2D eigenvalue weighted by Crippen LogP contribution is 2.20. The van der Waals surface area contributed by atoms with Gasteiger partial charge in [-0.25, -0.2) is 4.98 Å². The first-order valence-electron chi connectivity index (χ1n) is 9.63. The molecule has 0 spiro atoms. The molecule has 1 saturated heterocycles. The molecule has 1 N–H and O–H groups in total. The van der Waals surface area contributed by atoms with Gasteiger partial charge in [0.1, 0.15) is 0 Å². The SMILES string of the molecule is CCCc1nc(CN2CCC(C(=O)NCCCOC(C)C)CC2)cs1. The molecule has 6 heteroatoms. The zero-order chi connectivity index (χ0) is 18.1. The average Bonchev–Trinajstić information content (AvgIpc) is 3.02. The Kier molecular flexibility index (Phi) is 8.85. The highest BCUT2D eigenvalue weighted by molar-refractivity contribution is 7.09. The van der Waals surface area contributed by atoms with Crippen LogP contribution in [-0.2, 0) is 22.5 Å². The standard InChI is InChI=1S/C19H33N3O2S/c1-4-6-18-21-17(14-25-18)13-22-10-7-16(8-11-22)19(23)20-9-5-12-24-15(2)3/h14-16H,4-13H2,1-3H3,(H,20,23). The Balaban J connectivity index is 1.62. The van der Waals surface area contributed by atoms with Crippen LogP contribution >= 0.6 is 11.3 Å². The molecule has 2 heterocycles. The van der Waals surface area contributed by atoms with E-state index in [-0.39, 0.29) is 17.9 Å². The van der Waals surface area contributed by atoms with Crippen LogP contribution in [-0.4, -0.2) is 48.1 Å². The van der Waals surface area contributed by atoms with Crippen molar-refractivity contribution in [3.8, 4) is 0 Å². The number of aryl methyl sites for hydroxylation is 1. The normalized spacial score (nSPS) is 16.5. The summed E-state index contributed by atoms with van der Waals surface area (Å²) in [5.41, 5.74) is 1.18. The Morgan fingerprint density at radius 1 is 1.44 bits per heavy atom. The van der Waals surface area contributed by atoms with Gasteiger partial charge in [-0.15, -0.1) is 11.3 Å². The Labute approximate surface area is 156 Å². The molecule has 0 aliphatic carbocycles. The first-order valence-corrected chi connectivity index (χ1v) is 10.5. The molecule has 1 fully saturated rings. The van der Waals surface area contributed by atoms with E-state index in [1.54, 1.807) is 11.3 Å². The van der Waals surface area contributed by atoms with E-state index in [0.29, 0.717) is 13.2 Å². The van der Waals surface area contributed by atoms with Crippen LogP contribution in [0.1, 0.15) is 57.2 Å². The lowest BCUT2D eigenvalue weighted by atomic mass is 9.96. The smallest absolute Gasteiger partial charge is 0.223 e. The van der Waals surface area contributed by atoms with Crippen LogP contribution in [0.25, 0.3) is 0 Å². The highest BCUT2D eigenvalue weighted by Gasteiger charge is 2.25. The molecule has 1 aromatic rings. The summed E-state index contributed by atoms with van der Waals surface area (Å²) in [4.78, 5) is 19.4. The summed E-state index contributed by atoms with van der Waals surface area (Å²) in [5.74, 6) is 0.372. The molecule has 0 unspecified atom stereocenters. The van der Waals surface area contributed by atoms with Crippen molar-refractivity contribution < 1.29 is 9.53 Å². The Bertz CT molecular complexity index is 511. The molecule has 0 saturated carbocycles. The molecule has 0 atom stereocenters. The van der Waals surface area contributed by atoms with E-state index >= 15 is 0 Å². The van der Waals surface area contributed by atoms with Crippen molar-refractivity contribution >= 4 is 17.2 Å². The molecule has 2 rings (SSSR count). The lowest BCUT2D eigenvalue weighted by molar-refractivity contribution is -0.126. The number of aromatic nitrogens is 1. The zero-order valence-electron chi connectivity index (χ0n) is 15.9. The van der Waals surface area contributed by atoms with Crippen LogP contribution < -0.4 is 5.32 Å². The molecule has 5 nitrogen and oxygen atoms in total. The second kappa shape index (κ2) is 10.9. The van der Waals surface area contributed by atoms with E-state index in [4.69, 9.17) is 9.72 Å². The molecule has 0 bridgehead atoms. The summed E-state index contributed by atoms with van der Waals surface area (Å²) >= 11 is 1.77. The van der Waals surface area contributed by atoms with Crippen LogP contribution in [0.15, 0.2) is 5.38 Å². The molecule has 0 radical (unpaired) electrons. The monoisotopic (exact) mass is 367 g/mol. The third-order valence-corrected chi connectivity index (χ3v) is 5.44. The molecule has 1 aliphatic rings. The predicted octanol–water partition coefficient (Wildman–Crippen LogP) is 3.24. The number of nitrogens with one attached hydrogen (secondary N) is 1. The molecule has 1 aliphatic heterocycles. The number of thiazole rings is 1. The van der Waals surface area contributed by atoms with Crippen LogP contribution in [0.5, 0.6) is 0 Å². The van der Waals surface area contributed by atoms with Gasteiger partial charge >= 0.3 is 0 Å². The molecular formula is C19H33N3O2S. The fourth-order valence-corrected chi connectivity index (χ4v) is 3.97. The molecule has 0 aromatic carbocycles. The number of ether oxygens (including phenoxy) is 1. The van der Waals surface area contributed by atoms with Gasteiger partial charge in [0.15, 0.2) is 0 Å². The van der Waals surface area contributed by atoms with E-state index in [1.807, 2.05) is 13.8 Å². The minimum Gasteiger partial charge on any atom is -0.379 e. The van der Waals surface area contributed by atoms with E-state index in [2.05, 4.69) is 22.5 Å². The fourth-order valence-electron chi connectivity index (χ4n) is 3.08. The number of hydrogen-bond acceptors (Lipinski definition) is 5. The van der Waals surface area contributed by atoms with Gasteiger partial charge in [-0.2, -0.15) is 0 Å². The largest absolute Gasteiger partial charge is 0.379 e. The summed E-state index contributed by atoms with van der Waals surface area (Å²) in [7, 11) is 0. The molecule has 25 heavy (non-hydrogen) atoms. The van der Waals surface area contributed by atoms with E-state index in [1.165, 1.54) is 10.7 Å². The lowest BCUT2D eigenvalue weighted by Gasteiger charge is -2.30. The first kappa shape index (κ1) is 20.3. The van der Waals surface area contributed by atoms with Gasteiger partial charge in [-0.1, -0.05) is 6.92 Å².